The average molecular weight is 239 g/mol. The smallest absolute Gasteiger partial charge is 0.165 e. The van der Waals surface area contributed by atoms with E-state index >= 15 is 0 Å². The van der Waals surface area contributed by atoms with Crippen molar-refractivity contribution in [2.75, 3.05) is 33.4 Å². The molecular formula is C13H18FNO2. The molecular weight excluding hydrogens is 221 g/mol. The van der Waals surface area contributed by atoms with E-state index in [-0.39, 0.29) is 11.2 Å². The number of rotatable bonds is 5. The highest BCUT2D eigenvalue weighted by Gasteiger charge is 2.40. The van der Waals surface area contributed by atoms with Gasteiger partial charge in [-0.25, -0.2) is 4.39 Å². The van der Waals surface area contributed by atoms with E-state index in [0.717, 1.165) is 12.1 Å². The Balaban J connectivity index is 2.24. The summed E-state index contributed by atoms with van der Waals surface area (Å²) in [5, 5.41) is 3.13. The Kier molecular flexibility index (Phi) is 3.64. The third-order valence-electron chi connectivity index (χ3n) is 3.12. The summed E-state index contributed by atoms with van der Waals surface area (Å²) in [5.74, 6) is 0.0165. The van der Waals surface area contributed by atoms with Crippen LogP contribution in [0.5, 0.6) is 5.75 Å². The lowest BCUT2D eigenvalue weighted by molar-refractivity contribution is -0.0583. The number of hydrogen-bond acceptors (Lipinski definition) is 3. The number of ether oxygens (including phenoxy) is 2. The SMILES string of the molecule is CCOc1ccc(C2(CNC)COC2)cc1F. The fourth-order valence-electron chi connectivity index (χ4n) is 2.16. The van der Waals surface area contributed by atoms with Crippen LogP contribution in [0.3, 0.4) is 0 Å². The number of hydrogen-bond donors (Lipinski definition) is 1. The van der Waals surface area contributed by atoms with Gasteiger partial charge in [-0.05, 0) is 31.7 Å². The first-order valence-corrected chi connectivity index (χ1v) is 5.87. The van der Waals surface area contributed by atoms with Crippen LogP contribution in [0.1, 0.15) is 12.5 Å². The molecule has 1 aliphatic rings. The lowest BCUT2D eigenvalue weighted by Gasteiger charge is -2.42. The molecule has 0 unspecified atom stereocenters. The fraction of sp³-hybridized carbons (Fsp3) is 0.538. The molecule has 0 bridgehead atoms. The predicted octanol–water partition coefficient (Wildman–Crippen LogP) is 1.71. The van der Waals surface area contributed by atoms with Crippen molar-refractivity contribution in [2.24, 2.45) is 0 Å². The van der Waals surface area contributed by atoms with Gasteiger partial charge in [0.25, 0.3) is 0 Å². The van der Waals surface area contributed by atoms with Crippen molar-refractivity contribution in [3.8, 4) is 5.75 Å². The third kappa shape index (κ3) is 2.28. The molecule has 0 atom stereocenters. The number of benzene rings is 1. The van der Waals surface area contributed by atoms with E-state index in [1.165, 1.54) is 0 Å². The summed E-state index contributed by atoms with van der Waals surface area (Å²) in [6.45, 7) is 4.39. The Morgan fingerprint density at radius 3 is 2.71 bits per heavy atom. The largest absolute Gasteiger partial charge is 0.491 e. The molecule has 3 nitrogen and oxygen atoms in total. The lowest BCUT2D eigenvalue weighted by atomic mass is 9.78. The quantitative estimate of drug-likeness (QED) is 0.848. The minimum atomic E-state index is -0.299. The van der Waals surface area contributed by atoms with Gasteiger partial charge >= 0.3 is 0 Å². The van der Waals surface area contributed by atoms with Crippen LogP contribution < -0.4 is 10.1 Å². The van der Waals surface area contributed by atoms with Gasteiger partial charge in [0.1, 0.15) is 0 Å². The van der Waals surface area contributed by atoms with E-state index in [1.807, 2.05) is 20.0 Å². The highest BCUT2D eigenvalue weighted by Crippen LogP contribution is 2.33. The van der Waals surface area contributed by atoms with Crippen LogP contribution in [0, 0.1) is 5.82 Å². The van der Waals surface area contributed by atoms with Crippen molar-refractivity contribution in [2.45, 2.75) is 12.3 Å². The highest BCUT2D eigenvalue weighted by molar-refractivity contribution is 5.35. The van der Waals surface area contributed by atoms with Crippen LogP contribution in [-0.4, -0.2) is 33.4 Å². The van der Waals surface area contributed by atoms with Crippen molar-refractivity contribution in [1.29, 1.82) is 0 Å². The monoisotopic (exact) mass is 239 g/mol. The van der Waals surface area contributed by atoms with Crippen LogP contribution in [-0.2, 0) is 10.2 Å². The summed E-state index contributed by atoms with van der Waals surface area (Å²) < 4.78 is 24.2. The zero-order valence-electron chi connectivity index (χ0n) is 10.3. The Morgan fingerprint density at radius 1 is 1.47 bits per heavy atom. The molecule has 0 radical (unpaired) electrons. The second-order valence-corrected chi connectivity index (χ2v) is 4.38. The number of nitrogens with one attached hydrogen (secondary N) is 1. The van der Waals surface area contributed by atoms with Crippen molar-refractivity contribution in [3.05, 3.63) is 29.6 Å². The van der Waals surface area contributed by atoms with E-state index in [4.69, 9.17) is 9.47 Å². The van der Waals surface area contributed by atoms with Gasteiger partial charge in [0.2, 0.25) is 0 Å². The van der Waals surface area contributed by atoms with Gasteiger partial charge in [0, 0.05) is 6.54 Å². The topological polar surface area (TPSA) is 30.5 Å². The van der Waals surface area contributed by atoms with Crippen molar-refractivity contribution in [1.82, 2.24) is 5.32 Å². The van der Waals surface area contributed by atoms with Gasteiger partial charge in [-0.1, -0.05) is 6.07 Å². The molecule has 94 valence electrons. The normalized spacial score (nSPS) is 17.6. The summed E-state index contributed by atoms with van der Waals surface area (Å²) in [6.07, 6.45) is 0. The Labute approximate surface area is 101 Å². The molecule has 1 fully saturated rings. The van der Waals surface area contributed by atoms with Crippen molar-refractivity contribution >= 4 is 0 Å². The first-order chi connectivity index (χ1) is 8.22. The van der Waals surface area contributed by atoms with E-state index in [2.05, 4.69) is 5.32 Å². The van der Waals surface area contributed by atoms with Gasteiger partial charge in [-0.15, -0.1) is 0 Å². The van der Waals surface area contributed by atoms with Crippen molar-refractivity contribution in [3.63, 3.8) is 0 Å². The van der Waals surface area contributed by atoms with Gasteiger partial charge in [0.05, 0.1) is 25.2 Å². The van der Waals surface area contributed by atoms with Crippen molar-refractivity contribution < 1.29 is 13.9 Å². The maximum absolute atomic E-state index is 13.8. The molecule has 17 heavy (non-hydrogen) atoms. The fourth-order valence-corrected chi connectivity index (χ4v) is 2.16. The summed E-state index contributed by atoms with van der Waals surface area (Å²) in [7, 11) is 1.89. The van der Waals surface area contributed by atoms with Gasteiger partial charge in [0.15, 0.2) is 11.6 Å². The predicted molar refractivity (Wildman–Crippen MR) is 64.0 cm³/mol. The van der Waals surface area contributed by atoms with Crippen LogP contribution >= 0.6 is 0 Å². The molecule has 2 rings (SSSR count). The van der Waals surface area contributed by atoms with Gasteiger partial charge in [-0.2, -0.15) is 0 Å². The standard InChI is InChI=1S/C13H18FNO2/c1-3-17-12-5-4-10(6-11(12)14)13(7-15-2)8-16-9-13/h4-6,15H,3,7-9H2,1-2H3. The van der Waals surface area contributed by atoms with Gasteiger partial charge in [-0.3, -0.25) is 0 Å². The van der Waals surface area contributed by atoms with E-state index in [9.17, 15) is 4.39 Å². The Bertz CT molecular complexity index is 391. The van der Waals surface area contributed by atoms with Crippen LogP contribution in [0.25, 0.3) is 0 Å². The lowest BCUT2D eigenvalue weighted by Crippen LogP contribution is -2.52. The minimum Gasteiger partial charge on any atom is -0.491 e. The molecule has 1 aliphatic heterocycles. The number of halogens is 1. The molecule has 0 aromatic heterocycles. The highest BCUT2D eigenvalue weighted by atomic mass is 19.1. The summed E-state index contributed by atoms with van der Waals surface area (Å²) in [4.78, 5) is 0. The molecule has 1 heterocycles. The van der Waals surface area contributed by atoms with Crippen LogP contribution in [0.15, 0.2) is 18.2 Å². The first-order valence-electron chi connectivity index (χ1n) is 5.87. The maximum atomic E-state index is 13.8. The molecule has 0 amide bonds. The Morgan fingerprint density at radius 2 is 2.24 bits per heavy atom. The maximum Gasteiger partial charge on any atom is 0.165 e. The molecule has 4 heteroatoms. The first kappa shape index (κ1) is 12.3. The zero-order valence-corrected chi connectivity index (χ0v) is 10.3. The average Bonchev–Trinajstić information content (AvgIpc) is 2.27. The van der Waals surface area contributed by atoms with E-state index in [1.54, 1.807) is 12.1 Å². The summed E-state index contributed by atoms with van der Waals surface area (Å²) in [5.41, 5.74) is 0.888. The molecule has 1 N–H and O–H groups in total. The van der Waals surface area contributed by atoms with Crippen LogP contribution in [0.2, 0.25) is 0 Å². The van der Waals surface area contributed by atoms with Gasteiger partial charge < -0.3 is 14.8 Å². The second kappa shape index (κ2) is 5.02. The zero-order chi connectivity index (χ0) is 12.3. The molecule has 0 aliphatic carbocycles. The third-order valence-corrected chi connectivity index (χ3v) is 3.12. The second-order valence-electron chi connectivity index (χ2n) is 4.38. The van der Waals surface area contributed by atoms with E-state index < -0.39 is 0 Å². The van der Waals surface area contributed by atoms with E-state index in [0.29, 0.717) is 25.6 Å². The Hall–Kier alpha value is -1.13. The molecule has 1 saturated heterocycles. The molecule has 0 saturated carbocycles. The van der Waals surface area contributed by atoms with Crippen LogP contribution in [0.4, 0.5) is 4.39 Å². The molecule has 1 aromatic rings. The molecule has 1 aromatic carbocycles. The minimum absolute atomic E-state index is 0.0830. The summed E-state index contributed by atoms with van der Waals surface area (Å²) >= 11 is 0. The summed E-state index contributed by atoms with van der Waals surface area (Å²) in [6, 6.07) is 5.18. The molecule has 0 spiro atoms. The number of likely N-dealkylation sites (N-methyl/N-ethyl adjacent to an activating group) is 1.